The Balaban J connectivity index is 2.16. The zero-order valence-electron chi connectivity index (χ0n) is 9.83. The summed E-state index contributed by atoms with van der Waals surface area (Å²) < 4.78 is 0.961. The number of benzene rings is 1. The average molecular weight is 322 g/mol. The quantitative estimate of drug-likeness (QED) is 0.695. The number of nitrogens with zero attached hydrogens (tertiary/aromatic N) is 1. The molecule has 0 fully saturated rings. The third kappa shape index (κ3) is 1.93. The fourth-order valence-corrected chi connectivity index (χ4v) is 3.29. The first-order chi connectivity index (χ1) is 8.67. The molecule has 92 valence electrons. The number of imidazole rings is 1. The van der Waals surface area contributed by atoms with Gasteiger partial charge < -0.3 is 10.7 Å². The first-order valence-electron chi connectivity index (χ1n) is 5.71. The number of H-pyrrole nitrogens is 1. The van der Waals surface area contributed by atoms with E-state index >= 15 is 0 Å². The van der Waals surface area contributed by atoms with E-state index in [1.807, 2.05) is 12.1 Å². The predicted molar refractivity (Wildman–Crippen MR) is 80.9 cm³/mol. The normalized spacial score (nSPS) is 11.2. The number of halogens is 1. The van der Waals surface area contributed by atoms with E-state index in [9.17, 15) is 0 Å². The number of nitrogens with one attached hydrogen (secondary N) is 1. The Bertz CT molecular complexity index is 714. The van der Waals surface area contributed by atoms with Crippen LogP contribution < -0.4 is 5.73 Å². The third-order valence-electron chi connectivity index (χ3n) is 2.82. The predicted octanol–water partition coefficient (Wildman–Crippen LogP) is 4.20. The first kappa shape index (κ1) is 11.7. The van der Waals surface area contributed by atoms with Crippen molar-refractivity contribution >= 4 is 44.0 Å². The van der Waals surface area contributed by atoms with Crippen LogP contribution in [0.5, 0.6) is 0 Å². The summed E-state index contributed by atoms with van der Waals surface area (Å²) in [6.07, 6.45) is 1.05. The van der Waals surface area contributed by atoms with Crippen LogP contribution in [0.4, 0.5) is 5.69 Å². The molecule has 0 unspecified atom stereocenters. The smallest absolute Gasteiger partial charge is 0.148 e. The van der Waals surface area contributed by atoms with Crippen LogP contribution in [0, 0.1) is 0 Å². The van der Waals surface area contributed by atoms with Gasteiger partial charge in [0.25, 0.3) is 0 Å². The van der Waals surface area contributed by atoms with Crippen LogP contribution in [0.25, 0.3) is 21.7 Å². The summed E-state index contributed by atoms with van der Waals surface area (Å²) >= 11 is 5.20. The minimum Gasteiger partial charge on any atom is -0.397 e. The molecule has 3 N–H and O–H groups in total. The summed E-state index contributed by atoms with van der Waals surface area (Å²) in [4.78, 5) is 10.4. The van der Waals surface area contributed by atoms with Gasteiger partial charge in [-0.15, -0.1) is 11.3 Å². The van der Waals surface area contributed by atoms with E-state index in [2.05, 4.69) is 45.0 Å². The van der Waals surface area contributed by atoms with Crippen LogP contribution in [0.3, 0.4) is 0 Å². The van der Waals surface area contributed by atoms with Crippen LogP contribution in [-0.4, -0.2) is 9.97 Å². The summed E-state index contributed by atoms with van der Waals surface area (Å²) in [6.45, 7) is 2.16. The maximum Gasteiger partial charge on any atom is 0.148 e. The summed E-state index contributed by atoms with van der Waals surface area (Å²) in [5, 5.41) is 0. The van der Waals surface area contributed by atoms with Gasteiger partial charge in [-0.3, -0.25) is 0 Å². The molecule has 5 heteroatoms. The van der Waals surface area contributed by atoms with Crippen molar-refractivity contribution in [1.29, 1.82) is 0 Å². The van der Waals surface area contributed by atoms with E-state index in [1.54, 1.807) is 11.3 Å². The van der Waals surface area contributed by atoms with Crippen LogP contribution >= 0.6 is 27.3 Å². The monoisotopic (exact) mass is 321 g/mol. The maximum atomic E-state index is 5.97. The number of nitrogens with two attached hydrogens (primary N) is 1. The lowest BCUT2D eigenvalue weighted by molar-refractivity contribution is 1.19. The highest BCUT2D eigenvalue weighted by Crippen LogP contribution is 2.31. The standard InChI is InChI=1S/C13H12BrN3S/c1-2-8-3-4-11(18-8)13-16-10-6-7(14)5-9(15)12(10)17-13/h3-6H,2,15H2,1H3,(H,16,17). The molecule has 0 aliphatic heterocycles. The minimum absolute atomic E-state index is 0.689. The molecule has 3 nitrogen and oxygen atoms in total. The van der Waals surface area contributed by atoms with Gasteiger partial charge in [-0.2, -0.15) is 0 Å². The lowest BCUT2D eigenvalue weighted by atomic mass is 10.3. The second-order valence-electron chi connectivity index (χ2n) is 4.10. The van der Waals surface area contributed by atoms with Gasteiger partial charge in [-0.05, 0) is 30.7 Å². The van der Waals surface area contributed by atoms with Crippen LogP contribution in [-0.2, 0) is 6.42 Å². The topological polar surface area (TPSA) is 54.7 Å². The number of anilines is 1. The van der Waals surface area contributed by atoms with E-state index in [0.29, 0.717) is 5.69 Å². The Morgan fingerprint density at radius 2 is 2.22 bits per heavy atom. The number of rotatable bonds is 2. The second kappa shape index (κ2) is 4.40. The fourth-order valence-electron chi connectivity index (χ4n) is 1.92. The zero-order chi connectivity index (χ0) is 12.7. The molecule has 0 saturated carbocycles. The SMILES string of the molecule is CCc1ccc(-c2nc3c(N)cc(Br)cc3[nH]2)s1. The Hall–Kier alpha value is -1.33. The molecule has 0 radical (unpaired) electrons. The number of aromatic nitrogens is 2. The number of aromatic amines is 1. The highest BCUT2D eigenvalue weighted by atomic mass is 79.9. The number of nitrogen functional groups attached to an aromatic ring is 1. The summed E-state index contributed by atoms with van der Waals surface area (Å²) in [5.74, 6) is 0.888. The minimum atomic E-state index is 0.689. The van der Waals surface area contributed by atoms with E-state index in [4.69, 9.17) is 5.73 Å². The summed E-state index contributed by atoms with van der Waals surface area (Å²) in [5.41, 5.74) is 8.45. The molecule has 0 saturated heterocycles. The van der Waals surface area contributed by atoms with Gasteiger partial charge in [0.15, 0.2) is 0 Å². The Morgan fingerprint density at radius 1 is 1.39 bits per heavy atom. The van der Waals surface area contributed by atoms with E-state index in [1.165, 1.54) is 4.88 Å². The van der Waals surface area contributed by atoms with Crippen molar-refractivity contribution in [2.45, 2.75) is 13.3 Å². The second-order valence-corrected chi connectivity index (χ2v) is 6.18. The zero-order valence-corrected chi connectivity index (χ0v) is 12.2. The molecule has 3 rings (SSSR count). The molecule has 18 heavy (non-hydrogen) atoms. The van der Waals surface area contributed by atoms with Crippen LogP contribution in [0.1, 0.15) is 11.8 Å². The summed E-state index contributed by atoms with van der Waals surface area (Å²) in [7, 11) is 0. The van der Waals surface area contributed by atoms with E-state index < -0.39 is 0 Å². The summed E-state index contributed by atoms with van der Waals surface area (Å²) in [6, 6.07) is 8.12. The van der Waals surface area contributed by atoms with Gasteiger partial charge >= 0.3 is 0 Å². The van der Waals surface area contributed by atoms with Gasteiger partial charge in [0.1, 0.15) is 11.3 Å². The van der Waals surface area contributed by atoms with Crippen molar-refractivity contribution in [3.05, 3.63) is 33.6 Å². The van der Waals surface area contributed by atoms with Crippen molar-refractivity contribution in [3.8, 4) is 10.7 Å². The number of fused-ring (bicyclic) bond motifs is 1. The van der Waals surface area contributed by atoms with Gasteiger partial charge in [0.05, 0.1) is 16.1 Å². The van der Waals surface area contributed by atoms with E-state index in [0.717, 1.165) is 32.6 Å². The highest BCUT2D eigenvalue weighted by molar-refractivity contribution is 9.10. The van der Waals surface area contributed by atoms with Gasteiger partial charge in [-0.25, -0.2) is 4.98 Å². The molecule has 3 aromatic rings. The molecule has 0 spiro atoms. The highest BCUT2D eigenvalue weighted by Gasteiger charge is 2.10. The Labute approximate surface area is 117 Å². The fraction of sp³-hybridized carbons (Fsp3) is 0.154. The van der Waals surface area contributed by atoms with Gasteiger partial charge in [0.2, 0.25) is 0 Å². The molecular formula is C13H12BrN3S. The number of aryl methyl sites for hydroxylation is 1. The molecule has 1 aromatic carbocycles. The molecule has 0 aliphatic carbocycles. The molecule has 0 atom stereocenters. The third-order valence-corrected chi connectivity index (χ3v) is 4.52. The van der Waals surface area contributed by atoms with Gasteiger partial charge in [0, 0.05) is 9.35 Å². The largest absolute Gasteiger partial charge is 0.397 e. The van der Waals surface area contributed by atoms with Gasteiger partial charge in [-0.1, -0.05) is 22.9 Å². The molecule has 2 aromatic heterocycles. The lowest BCUT2D eigenvalue weighted by Crippen LogP contribution is -1.86. The molecule has 0 aliphatic rings. The first-order valence-corrected chi connectivity index (χ1v) is 7.32. The van der Waals surface area contributed by atoms with Crippen molar-refractivity contribution in [2.75, 3.05) is 5.73 Å². The van der Waals surface area contributed by atoms with Crippen molar-refractivity contribution in [1.82, 2.24) is 9.97 Å². The number of hydrogen-bond donors (Lipinski definition) is 2. The van der Waals surface area contributed by atoms with Crippen molar-refractivity contribution in [2.24, 2.45) is 0 Å². The molecule has 0 amide bonds. The Morgan fingerprint density at radius 3 is 2.94 bits per heavy atom. The van der Waals surface area contributed by atoms with Crippen molar-refractivity contribution < 1.29 is 0 Å². The van der Waals surface area contributed by atoms with Crippen LogP contribution in [0.15, 0.2) is 28.7 Å². The molecule has 2 heterocycles. The maximum absolute atomic E-state index is 5.97. The Kier molecular flexibility index (Phi) is 2.87. The number of hydrogen-bond acceptors (Lipinski definition) is 3. The number of thiophene rings is 1. The average Bonchev–Trinajstić information content (AvgIpc) is 2.93. The molecule has 0 bridgehead atoms. The molecular weight excluding hydrogens is 310 g/mol. The van der Waals surface area contributed by atoms with Crippen LogP contribution in [0.2, 0.25) is 0 Å². The lowest BCUT2D eigenvalue weighted by Gasteiger charge is -1.94. The van der Waals surface area contributed by atoms with E-state index in [-0.39, 0.29) is 0 Å². The van der Waals surface area contributed by atoms with Crippen molar-refractivity contribution in [3.63, 3.8) is 0 Å².